The number of nitrogens with one attached hydrogen (secondary N) is 1. The van der Waals surface area contributed by atoms with Crippen LogP contribution < -0.4 is 5.32 Å². The number of aromatic nitrogens is 4. The molecule has 0 saturated heterocycles. The Kier molecular flexibility index (Phi) is 6.16. The predicted octanol–water partition coefficient (Wildman–Crippen LogP) is 1.96. The largest absolute Gasteiger partial charge is 0.383 e. The number of nitrogens with zero attached hydrogens (tertiary/aromatic N) is 4. The molecule has 2 heterocycles. The van der Waals surface area contributed by atoms with Gasteiger partial charge in [0.05, 0.1) is 31.2 Å². The fraction of sp³-hybridized carbons (Fsp3) is 0.316. The van der Waals surface area contributed by atoms with Crippen molar-refractivity contribution in [1.29, 1.82) is 0 Å². The second-order valence-corrected chi connectivity index (χ2v) is 6.01. The molecular weight excluding hydrogens is 330 g/mol. The highest BCUT2D eigenvalue weighted by Crippen LogP contribution is 2.09. The lowest BCUT2D eigenvalue weighted by molar-refractivity contribution is -0.121. The van der Waals surface area contributed by atoms with Gasteiger partial charge in [0.25, 0.3) is 0 Å². The van der Waals surface area contributed by atoms with E-state index in [4.69, 9.17) is 4.74 Å². The summed E-state index contributed by atoms with van der Waals surface area (Å²) in [6.45, 7) is 1.80. The molecular formula is C19H23N5O2. The highest BCUT2D eigenvalue weighted by atomic mass is 16.5. The van der Waals surface area contributed by atoms with Crippen LogP contribution in [-0.4, -0.2) is 39.2 Å². The summed E-state index contributed by atoms with van der Waals surface area (Å²) in [6, 6.07) is 9.91. The van der Waals surface area contributed by atoms with Crippen LogP contribution in [0, 0.1) is 0 Å². The molecule has 3 aromatic rings. The highest BCUT2D eigenvalue weighted by molar-refractivity contribution is 5.76. The maximum atomic E-state index is 12.1. The molecule has 26 heavy (non-hydrogen) atoms. The van der Waals surface area contributed by atoms with Crippen molar-refractivity contribution < 1.29 is 9.53 Å². The number of hydrogen-bond acceptors (Lipinski definition) is 4. The minimum absolute atomic E-state index is 0.0158. The summed E-state index contributed by atoms with van der Waals surface area (Å²) in [5.74, 6) is 0.0158. The average Bonchev–Trinajstić information content (AvgIpc) is 3.33. The number of rotatable bonds is 9. The van der Waals surface area contributed by atoms with E-state index < -0.39 is 0 Å². The van der Waals surface area contributed by atoms with Crippen molar-refractivity contribution in [2.45, 2.75) is 25.9 Å². The second kappa shape index (κ2) is 8.96. The predicted molar refractivity (Wildman–Crippen MR) is 97.8 cm³/mol. The number of methoxy groups -OCH3 is 1. The molecule has 0 spiro atoms. The Balaban J connectivity index is 1.43. The Bertz CT molecular complexity index is 825. The van der Waals surface area contributed by atoms with Crippen LogP contribution in [0.25, 0.3) is 5.69 Å². The van der Waals surface area contributed by atoms with Crippen molar-refractivity contribution in [3.63, 3.8) is 0 Å². The lowest BCUT2D eigenvalue weighted by Crippen LogP contribution is -2.22. The summed E-state index contributed by atoms with van der Waals surface area (Å²) in [7, 11) is 1.66. The summed E-state index contributed by atoms with van der Waals surface area (Å²) < 4.78 is 8.65. The molecule has 0 unspecified atom stereocenters. The van der Waals surface area contributed by atoms with Crippen LogP contribution in [0.2, 0.25) is 0 Å². The first-order valence-electron chi connectivity index (χ1n) is 8.60. The third-order valence-corrected chi connectivity index (χ3v) is 4.00. The SMILES string of the molecule is COCCn1cc(CNC(=O)CCc2cnn(-c3ccccc3)c2)cn1. The lowest BCUT2D eigenvalue weighted by atomic mass is 10.2. The first kappa shape index (κ1) is 17.9. The van der Waals surface area contributed by atoms with E-state index in [0.717, 1.165) is 16.8 Å². The van der Waals surface area contributed by atoms with E-state index in [-0.39, 0.29) is 5.91 Å². The van der Waals surface area contributed by atoms with Gasteiger partial charge in [-0.15, -0.1) is 0 Å². The summed E-state index contributed by atoms with van der Waals surface area (Å²) in [5.41, 5.74) is 3.02. The van der Waals surface area contributed by atoms with E-state index in [0.29, 0.717) is 32.5 Å². The number of carbonyl (C=O) groups is 1. The number of aryl methyl sites for hydroxylation is 1. The molecule has 2 aromatic heterocycles. The number of amides is 1. The minimum atomic E-state index is 0.0158. The van der Waals surface area contributed by atoms with Crippen molar-refractivity contribution in [3.8, 4) is 5.69 Å². The molecule has 1 N–H and O–H groups in total. The first-order valence-corrected chi connectivity index (χ1v) is 8.60. The van der Waals surface area contributed by atoms with Gasteiger partial charge in [-0.3, -0.25) is 9.48 Å². The maximum absolute atomic E-state index is 12.1. The van der Waals surface area contributed by atoms with Crippen LogP contribution in [0.3, 0.4) is 0 Å². The second-order valence-electron chi connectivity index (χ2n) is 6.01. The molecule has 0 aliphatic heterocycles. The van der Waals surface area contributed by atoms with Gasteiger partial charge >= 0.3 is 0 Å². The molecule has 0 radical (unpaired) electrons. The Morgan fingerprint density at radius 3 is 2.73 bits per heavy atom. The van der Waals surface area contributed by atoms with Crippen LogP contribution in [0.5, 0.6) is 0 Å². The van der Waals surface area contributed by atoms with Gasteiger partial charge in [0.2, 0.25) is 5.91 Å². The average molecular weight is 353 g/mol. The first-order chi connectivity index (χ1) is 12.7. The zero-order valence-electron chi connectivity index (χ0n) is 14.8. The van der Waals surface area contributed by atoms with Crippen molar-refractivity contribution >= 4 is 5.91 Å². The summed E-state index contributed by atoms with van der Waals surface area (Å²) >= 11 is 0. The number of carbonyl (C=O) groups excluding carboxylic acids is 1. The van der Waals surface area contributed by atoms with Crippen LogP contribution in [0.15, 0.2) is 55.1 Å². The van der Waals surface area contributed by atoms with Crippen LogP contribution >= 0.6 is 0 Å². The van der Waals surface area contributed by atoms with Crippen LogP contribution in [-0.2, 0) is 29.0 Å². The van der Waals surface area contributed by atoms with Gasteiger partial charge in [-0.1, -0.05) is 18.2 Å². The smallest absolute Gasteiger partial charge is 0.220 e. The molecule has 7 nitrogen and oxygen atoms in total. The Morgan fingerprint density at radius 1 is 1.12 bits per heavy atom. The molecule has 0 aliphatic carbocycles. The lowest BCUT2D eigenvalue weighted by Gasteiger charge is -2.03. The highest BCUT2D eigenvalue weighted by Gasteiger charge is 2.06. The summed E-state index contributed by atoms with van der Waals surface area (Å²) in [5, 5.41) is 11.5. The van der Waals surface area contributed by atoms with Gasteiger partial charge in [0, 0.05) is 38.0 Å². The molecule has 0 bridgehead atoms. The summed E-state index contributed by atoms with van der Waals surface area (Å²) in [6.07, 6.45) is 8.54. The molecule has 0 saturated carbocycles. The molecule has 7 heteroatoms. The minimum Gasteiger partial charge on any atom is -0.383 e. The van der Waals surface area contributed by atoms with E-state index in [1.54, 1.807) is 19.5 Å². The molecule has 136 valence electrons. The molecule has 1 aromatic carbocycles. The number of benzene rings is 1. The zero-order valence-corrected chi connectivity index (χ0v) is 14.8. The van der Waals surface area contributed by atoms with E-state index in [9.17, 15) is 4.79 Å². The summed E-state index contributed by atoms with van der Waals surface area (Å²) in [4.78, 5) is 12.1. The third-order valence-electron chi connectivity index (χ3n) is 4.00. The Hall–Kier alpha value is -2.93. The van der Waals surface area contributed by atoms with Gasteiger partial charge in [0.15, 0.2) is 0 Å². The maximum Gasteiger partial charge on any atom is 0.220 e. The monoisotopic (exact) mass is 353 g/mol. The van der Waals surface area contributed by atoms with Gasteiger partial charge in [0.1, 0.15) is 0 Å². The van der Waals surface area contributed by atoms with Crippen LogP contribution in [0.4, 0.5) is 0 Å². The third kappa shape index (κ3) is 5.03. The molecule has 0 atom stereocenters. The van der Waals surface area contributed by atoms with Gasteiger partial charge in [-0.25, -0.2) is 4.68 Å². The van der Waals surface area contributed by atoms with Gasteiger partial charge < -0.3 is 10.1 Å². The normalized spacial score (nSPS) is 10.8. The van der Waals surface area contributed by atoms with Gasteiger partial charge in [-0.2, -0.15) is 10.2 Å². The Labute approximate surface area is 152 Å². The van der Waals surface area contributed by atoms with Crippen molar-refractivity contribution in [1.82, 2.24) is 24.9 Å². The fourth-order valence-corrected chi connectivity index (χ4v) is 2.56. The molecule has 1 amide bonds. The van der Waals surface area contributed by atoms with Crippen molar-refractivity contribution in [3.05, 3.63) is 66.2 Å². The molecule has 3 rings (SSSR count). The fourth-order valence-electron chi connectivity index (χ4n) is 2.56. The van der Waals surface area contributed by atoms with Crippen LogP contribution in [0.1, 0.15) is 17.5 Å². The van der Waals surface area contributed by atoms with E-state index in [2.05, 4.69) is 15.5 Å². The van der Waals surface area contributed by atoms with E-state index in [1.807, 2.05) is 52.1 Å². The quantitative estimate of drug-likeness (QED) is 0.638. The van der Waals surface area contributed by atoms with Gasteiger partial charge in [-0.05, 0) is 24.1 Å². The number of hydrogen-bond donors (Lipinski definition) is 1. The Morgan fingerprint density at radius 2 is 1.92 bits per heavy atom. The van der Waals surface area contributed by atoms with Crippen molar-refractivity contribution in [2.75, 3.05) is 13.7 Å². The number of ether oxygens (including phenoxy) is 1. The molecule has 0 fully saturated rings. The van der Waals surface area contributed by atoms with Crippen molar-refractivity contribution in [2.24, 2.45) is 0 Å². The standard InChI is InChI=1S/C19H23N5O2/c1-26-10-9-23-14-17(13-21-23)11-20-19(25)8-7-16-12-22-24(15-16)18-5-3-2-4-6-18/h2-6,12-15H,7-11H2,1H3,(H,20,25). The van der Waals surface area contributed by atoms with E-state index in [1.165, 1.54) is 0 Å². The topological polar surface area (TPSA) is 74.0 Å². The zero-order chi connectivity index (χ0) is 18.2. The molecule has 0 aliphatic rings. The van der Waals surface area contributed by atoms with E-state index >= 15 is 0 Å². The number of para-hydroxylation sites is 1.